The summed E-state index contributed by atoms with van der Waals surface area (Å²) >= 11 is 0. The lowest BCUT2D eigenvalue weighted by Gasteiger charge is -2.32. The van der Waals surface area contributed by atoms with Gasteiger partial charge < -0.3 is 10.0 Å². The van der Waals surface area contributed by atoms with E-state index in [0.29, 0.717) is 5.56 Å². The van der Waals surface area contributed by atoms with E-state index in [1.165, 1.54) is 4.90 Å². The molecule has 1 fully saturated rings. The van der Waals surface area contributed by atoms with Crippen molar-refractivity contribution in [3.05, 3.63) is 71.8 Å². The fraction of sp³-hybridized carbons (Fsp3) is 0.348. The molecular weight excluding hydrogens is 368 g/mol. The summed E-state index contributed by atoms with van der Waals surface area (Å²) in [6.45, 7) is 5.65. The minimum atomic E-state index is -1.28. The summed E-state index contributed by atoms with van der Waals surface area (Å²) in [6.07, 6.45) is 0.205. The Labute approximate surface area is 170 Å². The molecular formula is C23H26N2O4. The molecule has 6 heteroatoms. The topological polar surface area (TPSA) is 77.9 Å². The largest absolute Gasteiger partial charge is 0.480 e. The molecule has 1 saturated heterocycles. The van der Waals surface area contributed by atoms with Gasteiger partial charge in [-0.25, -0.2) is 14.5 Å². The quantitative estimate of drug-likeness (QED) is 0.723. The first-order valence-electron chi connectivity index (χ1n) is 9.74. The zero-order valence-electron chi connectivity index (χ0n) is 16.9. The zero-order valence-corrected chi connectivity index (χ0v) is 16.9. The molecule has 0 saturated carbocycles. The van der Waals surface area contributed by atoms with E-state index in [1.54, 1.807) is 19.1 Å². The Morgan fingerprint density at radius 2 is 1.55 bits per heavy atom. The molecule has 1 heterocycles. The number of rotatable bonds is 7. The Bertz CT molecular complexity index is 898. The standard InChI is InChI=1S/C23H26N2O4/c1-16(2)14-19(20(26)27)25-21(28)23(3,18-12-8-5-9-13-18)24(22(25)29)15-17-10-6-4-7-11-17/h4-13,16,19H,14-15H2,1-3H3,(H,26,27)/t19-,23+/m1/s1. The summed E-state index contributed by atoms with van der Waals surface area (Å²) in [6, 6.07) is 16.7. The second kappa shape index (κ2) is 8.07. The molecule has 1 N–H and O–H groups in total. The van der Waals surface area contributed by atoms with Gasteiger partial charge in [0.05, 0.1) is 0 Å². The SMILES string of the molecule is CC(C)C[C@H](C(=O)O)N1C(=O)N(Cc2ccccc2)[C@@](C)(c2ccccc2)C1=O. The molecule has 29 heavy (non-hydrogen) atoms. The van der Waals surface area contributed by atoms with Crippen LogP contribution in [0.4, 0.5) is 4.79 Å². The number of hydrogen-bond acceptors (Lipinski definition) is 3. The highest BCUT2D eigenvalue weighted by Gasteiger charge is 2.58. The second-order valence-corrected chi connectivity index (χ2v) is 7.95. The summed E-state index contributed by atoms with van der Waals surface area (Å²) in [4.78, 5) is 41.4. The number of imide groups is 1. The maximum absolute atomic E-state index is 13.6. The number of carbonyl (C=O) groups excluding carboxylic acids is 2. The van der Waals surface area contributed by atoms with Gasteiger partial charge in [0.15, 0.2) is 0 Å². The minimum absolute atomic E-state index is 0.0165. The average Bonchev–Trinajstić information content (AvgIpc) is 2.89. The van der Waals surface area contributed by atoms with Gasteiger partial charge in [-0.15, -0.1) is 0 Å². The third-order valence-electron chi connectivity index (χ3n) is 5.42. The van der Waals surface area contributed by atoms with Crippen LogP contribution in [0.2, 0.25) is 0 Å². The number of urea groups is 1. The van der Waals surface area contributed by atoms with Crippen LogP contribution < -0.4 is 0 Å². The van der Waals surface area contributed by atoms with E-state index >= 15 is 0 Å². The van der Waals surface area contributed by atoms with E-state index in [2.05, 4.69) is 0 Å². The molecule has 0 spiro atoms. The van der Waals surface area contributed by atoms with Crippen LogP contribution in [-0.2, 0) is 21.7 Å². The lowest BCUT2D eigenvalue weighted by atomic mass is 9.89. The molecule has 2 aromatic carbocycles. The predicted octanol–water partition coefficient (Wildman–Crippen LogP) is 3.87. The van der Waals surface area contributed by atoms with E-state index in [0.717, 1.165) is 10.5 Å². The summed E-state index contributed by atoms with van der Waals surface area (Å²) in [7, 11) is 0. The van der Waals surface area contributed by atoms with E-state index < -0.39 is 29.5 Å². The van der Waals surface area contributed by atoms with Gasteiger partial charge in [-0.1, -0.05) is 74.5 Å². The number of benzene rings is 2. The normalized spacial score (nSPS) is 20.4. The van der Waals surface area contributed by atoms with Crippen LogP contribution in [0.1, 0.15) is 38.3 Å². The number of aliphatic carboxylic acids is 1. The fourth-order valence-corrected chi connectivity index (χ4v) is 3.83. The summed E-state index contributed by atoms with van der Waals surface area (Å²) in [5.74, 6) is -1.65. The first-order valence-corrected chi connectivity index (χ1v) is 9.74. The molecule has 0 bridgehead atoms. The maximum atomic E-state index is 13.6. The van der Waals surface area contributed by atoms with Gasteiger partial charge in [-0.05, 0) is 30.4 Å². The number of nitrogens with zero attached hydrogens (tertiary/aromatic N) is 2. The fourth-order valence-electron chi connectivity index (χ4n) is 3.83. The summed E-state index contributed by atoms with van der Waals surface area (Å²) < 4.78 is 0. The molecule has 152 valence electrons. The van der Waals surface area contributed by atoms with Gasteiger partial charge in [0.1, 0.15) is 11.6 Å². The molecule has 0 aliphatic carbocycles. The van der Waals surface area contributed by atoms with Gasteiger partial charge in [0.25, 0.3) is 5.91 Å². The van der Waals surface area contributed by atoms with Crippen LogP contribution in [0.15, 0.2) is 60.7 Å². The summed E-state index contributed by atoms with van der Waals surface area (Å²) in [5.41, 5.74) is 0.248. The first kappa shape index (κ1) is 20.6. The number of carboxylic acid groups (broad SMARTS) is 1. The average molecular weight is 394 g/mol. The van der Waals surface area contributed by atoms with Crippen LogP contribution in [0.3, 0.4) is 0 Å². The van der Waals surface area contributed by atoms with E-state index in [4.69, 9.17) is 0 Å². The highest BCUT2D eigenvalue weighted by atomic mass is 16.4. The van der Waals surface area contributed by atoms with Gasteiger partial charge in [0.2, 0.25) is 0 Å². The number of amides is 3. The highest BCUT2D eigenvalue weighted by molar-refractivity contribution is 6.09. The van der Waals surface area contributed by atoms with E-state index in [9.17, 15) is 19.5 Å². The van der Waals surface area contributed by atoms with Crippen LogP contribution in [0.25, 0.3) is 0 Å². The monoisotopic (exact) mass is 394 g/mol. The molecule has 0 unspecified atom stereocenters. The van der Waals surface area contributed by atoms with Crippen molar-refractivity contribution in [2.75, 3.05) is 0 Å². The van der Waals surface area contributed by atoms with Crippen molar-refractivity contribution in [3.8, 4) is 0 Å². The van der Waals surface area contributed by atoms with E-state index in [-0.39, 0.29) is 18.9 Å². The molecule has 0 aromatic heterocycles. The van der Waals surface area contributed by atoms with Crippen LogP contribution in [0.5, 0.6) is 0 Å². The lowest BCUT2D eigenvalue weighted by molar-refractivity contribution is -0.148. The first-order chi connectivity index (χ1) is 13.8. The van der Waals surface area contributed by atoms with Crippen molar-refractivity contribution in [3.63, 3.8) is 0 Å². The van der Waals surface area contributed by atoms with Gasteiger partial charge in [-0.3, -0.25) is 4.79 Å². The highest BCUT2D eigenvalue weighted by Crippen LogP contribution is 2.40. The number of carbonyl (C=O) groups is 3. The van der Waals surface area contributed by atoms with Crippen LogP contribution in [0, 0.1) is 5.92 Å². The van der Waals surface area contributed by atoms with Crippen molar-refractivity contribution in [2.45, 2.75) is 45.3 Å². The Morgan fingerprint density at radius 3 is 2.07 bits per heavy atom. The smallest absolute Gasteiger partial charge is 0.329 e. The number of carboxylic acids is 1. The van der Waals surface area contributed by atoms with Crippen LogP contribution in [-0.4, -0.2) is 38.9 Å². The van der Waals surface area contributed by atoms with Crippen molar-refractivity contribution in [2.24, 2.45) is 5.92 Å². The molecule has 3 rings (SSSR count). The Morgan fingerprint density at radius 1 is 1.00 bits per heavy atom. The predicted molar refractivity (Wildman–Crippen MR) is 109 cm³/mol. The van der Waals surface area contributed by atoms with E-state index in [1.807, 2.05) is 62.4 Å². The maximum Gasteiger partial charge on any atom is 0.329 e. The Balaban J connectivity index is 2.09. The number of hydrogen-bond donors (Lipinski definition) is 1. The Hall–Kier alpha value is -3.15. The minimum Gasteiger partial charge on any atom is -0.480 e. The second-order valence-electron chi connectivity index (χ2n) is 7.95. The summed E-state index contributed by atoms with van der Waals surface area (Å²) in [5, 5.41) is 9.77. The molecule has 2 aromatic rings. The van der Waals surface area contributed by atoms with Crippen molar-refractivity contribution in [1.82, 2.24) is 9.80 Å². The molecule has 6 nitrogen and oxygen atoms in total. The zero-order chi connectivity index (χ0) is 21.2. The molecule has 0 radical (unpaired) electrons. The third-order valence-corrected chi connectivity index (χ3v) is 5.42. The lowest BCUT2D eigenvalue weighted by Crippen LogP contribution is -2.47. The third kappa shape index (κ3) is 3.75. The van der Waals surface area contributed by atoms with Gasteiger partial charge in [-0.2, -0.15) is 0 Å². The molecule has 2 atom stereocenters. The van der Waals surface area contributed by atoms with Crippen LogP contribution >= 0.6 is 0 Å². The Kier molecular flexibility index (Phi) is 5.73. The van der Waals surface area contributed by atoms with Gasteiger partial charge >= 0.3 is 12.0 Å². The van der Waals surface area contributed by atoms with Gasteiger partial charge in [0, 0.05) is 6.54 Å². The van der Waals surface area contributed by atoms with Crippen molar-refractivity contribution < 1.29 is 19.5 Å². The molecule has 3 amide bonds. The van der Waals surface area contributed by atoms with Crippen molar-refractivity contribution in [1.29, 1.82) is 0 Å². The molecule has 1 aliphatic rings. The van der Waals surface area contributed by atoms with Crippen molar-refractivity contribution >= 4 is 17.9 Å². The molecule has 1 aliphatic heterocycles.